The maximum Gasteiger partial charge on any atom is 0.416 e. The maximum atomic E-state index is 12.8. The van der Waals surface area contributed by atoms with Gasteiger partial charge in [-0.3, -0.25) is 0 Å². The molecule has 1 nitrogen and oxygen atoms in total. The van der Waals surface area contributed by atoms with Gasteiger partial charge < -0.3 is 4.90 Å². The highest BCUT2D eigenvalue weighted by atomic mass is 35.5. The van der Waals surface area contributed by atoms with Crippen molar-refractivity contribution in [3.63, 3.8) is 0 Å². The van der Waals surface area contributed by atoms with Gasteiger partial charge in [-0.25, -0.2) is 0 Å². The first-order valence-corrected chi connectivity index (χ1v) is 5.96. The van der Waals surface area contributed by atoms with Crippen LogP contribution >= 0.6 is 11.6 Å². The second kappa shape index (κ2) is 4.41. The van der Waals surface area contributed by atoms with E-state index in [4.69, 9.17) is 11.6 Å². The van der Waals surface area contributed by atoms with Crippen LogP contribution in [0.5, 0.6) is 0 Å². The molecule has 94 valence electrons. The van der Waals surface area contributed by atoms with E-state index in [0.29, 0.717) is 11.7 Å². The van der Waals surface area contributed by atoms with E-state index in [1.807, 2.05) is 11.9 Å². The van der Waals surface area contributed by atoms with Crippen molar-refractivity contribution in [2.24, 2.45) is 0 Å². The zero-order valence-electron chi connectivity index (χ0n) is 9.39. The molecule has 0 heterocycles. The molecule has 2 rings (SSSR count). The van der Waals surface area contributed by atoms with Crippen molar-refractivity contribution in [1.82, 2.24) is 0 Å². The molecule has 0 saturated heterocycles. The van der Waals surface area contributed by atoms with Gasteiger partial charge in [0.2, 0.25) is 0 Å². The Bertz CT molecular complexity index is 413. The minimum Gasteiger partial charge on any atom is -0.372 e. The quantitative estimate of drug-likeness (QED) is 0.744. The second-order valence-electron chi connectivity index (χ2n) is 4.31. The largest absolute Gasteiger partial charge is 0.416 e. The Kier molecular flexibility index (Phi) is 3.25. The molecular weight excluding hydrogens is 251 g/mol. The van der Waals surface area contributed by atoms with E-state index in [-0.39, 0.29) is 11.4 Å². The summed E-state index contributed by atoms with van der Waals surface area (Å²) in [6.45, 7) is 0. The van der Waals surface area contributed by atoms with Crippen LogP contribution in [0.2, 0.25) is 0 Å². The van der Waals surface area contributed by atoms with Crippen LogP contribution in [0.25, 0.3) is 0 Å². The van der Waals surface area contributed by atoms with Gasteiger partial charge in [0.15, 0.2) is 0 Å². The number of benzene rings is 1. The Morgan fingerprint density at radius 2 is 2.00 bits per heavy atom. The minimum absolute atomic E-state index is 0.123. The minimum atomic E-state index is -4.34. The molecule has 0 bridgehead atoms. The van der Waals surface area contributed by atoms with Crippen molar-refractivity contribution in [2.45, 2.75) is 30.9 Å². The summed E-state index contributed by atoms with van der Waals surface area (Å²) < 4.78 is 38.5. The molecule has 1 aromatic rings. The summed E-state index contributed by atoms with van der Waals surface area (Å²) in [7, 11) is 1.83. The Morgan fingerprint density at radius 1 is 1.35 bits per heavy atom. The summed E-state index contributed by atoms with van der Waals surface area (Å²) in [5.41, 5.74) is 0.110. The highest BCUT2D eigenvalue weighted by molar-refractivity contribution is 6.17. The first-order chi connectivity index (χ1) is 7.93. The van der Waals surface area contributed by atoms with Gasteiger partial charge in [-0.15, -0.1) is 11.6 Å². The van der Waals surface area contributed by atoms with Crippen LogP contribution in [0.15, 0.2) is 18.2 Å². The molecule has 17 heavy (non-hydrogen) atoms. The highest BCUT2D eigenvalue weighted by Gasteiger charge is 2.34. The number of hydrogen-bond donors (Lipinski definition) is 0. The summed E-state index contributed by atoms with van der Waals surface area (Å²) >= 11 is 5.53. The Morgan fingerprint density at radius 3 is 2.47 bits per heavy atom. The highest BCUT2D eigenvalue weighted by Crippen LogP contribution is 2.37. The molecule has 0 unspecified atom stereocenters. The number of halogens is 4. The molecule has 0 N–H and O–H groups in total. The predicted octanol–water partition coefficient (Wildman–Crippen LogP) is 4.04. The Hall–Kier alpha value is -0.900. The first kappa shape index (κ1) is 12.6. The fourth-order valence-electron chi connectivity index (χ4n) is 1.84. The molecule has 1 aliphatic rings. The molecule has 5 heteroatoms. The first-order valence-electron chi connectivity index (χ1n) is 5.42. The molecule has 0 atom stereocenters. The molecule has 0 aromatic heterocycles. The van der Waals surface area contributed by atoms with Gasteiger partial charge in [-0.1, -0.05) is 6.07 Å². The summed E-state index contributed by atoms with van der Waals surface area (Å²) in [4.78, 5) is 1.90. The summed E-state index contributed by atoms with van der Waals surface area (Å²) in [5, 5.41) is 0. The van der Waals surface area contributed by atoms with Crippen molar-refractivity contribution < 1.29 is 13.2 Å². The van der Waals surface area contributed by atoms with Gasteiger partial charge >= 0.3 is 6.18 Å². The molecule has 1 saturated carbocycles. The summed E-state index contributed by atoms with van der Waals surface area (Å²) in [6.07, 6.45) is -2.24. The van der Waals surface area contributed by atoms with Crippen LogP contribution in [0.4, 0.5) is 18.9 Å². The molecule has 1 aromatic carbocycles. The lowest BCUT2D eigenvalue weighted by molar-refractivity contribution is -0.138. The number of anilines is 1. The van der Waals surface area contributed by atoms with Gasteiger partial charge in [-0.2, -0.15) is 13.2 Å². The third-order valence-corrected chi connectivity index (χ3v) is 3.33. The Balaban J connectivity index is 2.37. The predicted molar refractivity (Wildman–Crippen MR) is 62.4 cm³/mol. The van der Waals surface area contributed by atoms with Crippen molar-refractivity contribution in [1.29, 1.82) is 0 Å². The standard InChI is InChI=1S/C12H13ClF3N/c1-17(9-4-5-9)10-3-2-8(7-13)11(6-10)12(14,15)16/h2-3,6,9H,4-5,7H2,1H3. The van der Waals surface area contributed by atoms with Gasteiger partial charge in [0.1, 0.15) is 0 Å². The average Bonchev–Trinajstić information content (AvgIpc) is 3.10. The number of rotatable bonds is 3. The fourth-order valence-corrected chi connectivity index (χ4v) is 2.07. The number of hydrogen-bond acceptors (Lipinski definition) is 1. The second-order valence-corrected chi connectivity index (χ2v) is 4.58. The van der Waals surface area contributed by atoms with E-state index in [0.717, 1.165) is 12.8 Å². The van der Waals surface area contributed by atoms with Crippen LogP contribution in [0.3, 0.4) is 0 Å². The van der Waals surface area contributed by atoms with Crippen molar-refractivity contribution in [3.8, 4) is 0 Å². The number of nitrogens with zero attached hydrogens (tertiary/aromatic N) is 1. The van der Waals surface area contributed by atoms with Gasteiger partial charge in [-0.05, 0) is 30.5 Å². The SMILES string of the molecule is CN(c1ccc(CCl)c(C(F)(F)F)c1)C1CC1. The van der Waals surface area contributed by atoms with Gasteiger partial charge in [0.05, 0.1) is 5.56 Å². The van der Waals surface area contributed by atoms with Crippen molar-refractivity contribution in [3.05, 3.63) is 29.3 Å². The van der Waals surface area contributed by atoms with Gasteiger partial charge in [0, 0.05) is 24.7 Å². The van der Waals surface area contributed by atoms with Crippen molar-refractivity contribution >= 4 is 17.3 Å². The van der Waals surface area contributed by atoms with Crippen LogP contribution < -0.4 is 4.90 Å². The maximum absolute atomic E-state index is 12.8. The van der Waals surface area contributed by atoms with E-state index >= 15 is 0 Å². The Labute approximate surface area is 103 Å². The lowest BCUT2D eigenvalue weighted by Crippen LogP contribution is -2.20. The lowest BCUT2D eigenvalue weighted by Gasteiger charge is -2.21. The van der Waals surface area contributed by atoms with Crippen LogP contribution in [0.1, 0.15) is 24.0 Å². The summed E-state index contributed by atoms with van der Waals surface area (Å²) in [6, 6.07) is 4.74. The van der Waals surface area contributed by atoms with E-state index < -0.39 is 11.7 Å². The van der Waals surface area contributed by atoms with E-state index in [2.05, 4.69) is 0 Å². The van der Waals surface area contributed by atoms with E-state index in [9.17, 15) is 13.2 Å². The monoisotopic (exact) mass is 263 g/mol. The molecule has 0 aliphatic heterocycles. The topological polar surface area (TPSA) is 3.24 Å². The smallest absolute Gasteiger partial charge is 0.372 e. The van der Waals surface area contributed by atoms with Crippen molar-refractivity contribution in [2.75, 3.05) is 11.9 Å². The average molecular weight is 264 g/mol. The third kappa shape index (κ3) is 2.68. The van der Waals surface area contributed by atoms with Crippen LogP contribution in [0, 0.1) is 0 Å². The van der Waals surface area contributed by atoms with Crippen LogP contribution in [-0.2, 0) is 12.1 Å². The lowest BCUT2D eigenvalue weighted by atomic mass is 10.1. The molecular formula is C12H13ClF3N. The zero-order chi connectivity index (χ0) is 12.6. The number of alkyl halides is 4. The third-order valence-electron chi connectivity index (χ3n) is 3.04. The fraction of sp³-hybridized carbons (Fsp3) is 0.500. The molecule has 0 spiro atoms. The van der Waals surface area contributed by atoms with Gasteiger partial charge in [0.25, 0.3) is 0 Å². The molecule has 0 amide bonds. The molecule has 1 fully saturated rings. The normalized spacial score (nSPS) is 16.1. The van der Waals surface area contributed by atoms with E-state index in [1.165, 1.54) is 12.1 Å². The molecule has 0 radical (unpaired) electrons. The summed E-state index contributed by atoms with van der Waals surface area (Å²) in [5.74, 6) is -0.123. The zero-order valence-corrected chi connectivity index (χ0v) is 10.1. The molecule has 1 aliphatic carbocycles. The van der Waals surface area contributed by atoms with Crippen LogP contribution in [-0.4, -0.2) is 13.1 Å². The van der Waals surface area contributed by atoms with E-state index in [1.54, 1.807) is 6.07 Å².